The van der Waals surface area contributed by atoms with Gasteiger partial charge in [0.15, 0.2) is 5.16 Å². The van der Waals surface area contributed by atoms with Gasteiger partial charge in [0.05, 0.1) is 11.6 Å². The van der Waals surface area contributed by atoms with E-state index in [4.69, 9.17) is 0 Å². The van der Waals surface area contributed by atoms with Gasteiger partial charge in [0, 0.05) is 18.9 Å². The van der Waals surface area contributed by atoms with Crippen molar-refractivity contribution < 1.29 is 9.18 Å². The largest absolute Gasteiger partial charge is 0.332 e. The molecule has 2 aromatic rings. The fraction of sp³-hybridized carbons (Fsp3) is 0.389. The zero-order chi connectivity index (χ0) is 16.9. The normalized spacial score (nSPS) is 18.2. The quantitative estimate of drug-likeness (QED) is 0.621. The number of hydrogen-bond acceptors (Lipinski definition) is 4. The van der Waals surface area contributed by atoms with E-state index in [0.717, 1.165) is 31.2 Å². The molecule has 1 saturated heterocycles. The number of hydrogen-bond donors (Lipinski definition) is 0. The Kier molecular flexibility index (Phi) is 5.45. The highest BCUT2D eigenvalue weighted by Gasteiger charge is 2.28. The van der Waals surface area contributed by atoms with Crippen LogP contribution in [-0.2, 0) is 0 Å². The Balaban J connectivity index is 1.90. The van der Waals surface area contributed by atoms with Crippen LogP contribution in [0.1, 0.15) is 47.6 Å². The van der Waals surface area contributed by atoms with Crippen molar-refractivity contribution >= 4 is 17.7 Å². The van der Waals surface area contributed by atoms with E-state index in [9.17, 15) is 9.18 Å². The second-order valence-corrected chi connectivity index (χ2v) is 6.65. The van der Waals surface area contributed by atoms with Crippen molar-refractivity contribution in [3.05, 3.63) is 53.6 Å². The third kappa shape index (κ3) is 3.75. The summed E-state index contributed by atoms with van der Waals surface area (Å²) < 4.78 is 13.6. The minimum atomic E-state index is -0.267. The van der Waals surface area contributed by atoms with Crippen molar-refractivity contribution in [2.75, 3.05) is 12.8 Å². The molecule has 1 atom stereocenters. The molecule has 1 aliphatic rings. The van der Waals surface area contributed by atoms with Crippen LogP contribution >= 0.6 is 11.8 Å². The highest BCUT2D eigenvalue weighted by molar-refractivity contribution is 7.98. The molecular weight excluding hydrogens is 325 g/mol. The first-order chi connectivity index (χ1) is 11.7. The summed E-state index contributed by atoms with van der Waals surface area (Å²) in [5.41, 5.74) is 1.34. The average molecular weight is 345 g/mol. The van der Waals surface area contributed by atoms with Gasteiger partial charge in [-0.2, -0.15) is 0 Å². The number of amides is 1. The molecule has 0 aliphatic carbocycles. The molecule has 1 aliphatic heterocycles. The van der Waals surface area contributed by atoms with Crippen molar-refractivity contribution in [3.63, 3.8) is 0 Å². The fourth-order valence-corrected chi connectivity index (χ4v) is 3.43. The van der Waals surface area contributed by atoms with Crippen molar-refractivity contribution in [2.24, 2.45) is 0 Å². The average Bonchev–Trinajstić information content (AvgIpc) is 2.87. The van der Waals surface area contributed by atoms with Crippen LogP contribution in [0.25, 0.3) is 0 Å². The van der Waals surface area contributed by atoms with Gasteiger partial charge in [0.2, 0.25) is 0 Å². The van der Waals surface area contributed by atoms with Gasteiger partial charge in [0.1, 0.15) is 5.82 Å². The Morgan fingerprint density at radius 3 is 2.75 bits per heavy atom. The first-order valence-corrected chi connectivity index (χ1v) is 9.34. The Morgan fingerprint density at radius 1 is 1.25 bits per heavy atom. The number of thioether (sulfide) groups is 1. The Hall–Kier alpha value is -1.95. The standard InChI is InChI=1S/C18H20FN3OS/c1-24-18-20-11-14(12-21-18)17(23)22-9-4-2-3-8-16(22)13-6-5-7-15(19)10-13/h5-7,10-12,16H,2-4,8-9H2,1H3/t16-/m0/s1. The van der Waals surface area contributed by atoms with Gasteiger partial charge < -0.3 is 4.90 Å². The first kappa shape index (κ1) is 16.9. The molecule has 0 bridgehead atoms. The first-order valence-electron chi connectivity index (χ1n) is 8.11. The van der Waals surface area contributed by atoms with E-state index in [1.807, 2.05) is 17.2 Å². The molecule has 0 radical (unpaired) electrons. The Bertz CT molecular complexity index is 708. The van der Waals surface area contributed by atoms with Crippen LogP contribution in [0.3, 0.4) is 0 Å². The van der Waals surface area contributed by atoms with E-state index in [2.05, 4.69) is 9.97 Å². The van der Waals surface area contributed by atoms with Crippen LogP contribution in [-0.4, -0.2) is 33.6 Å². The lowest BCUT2D eigenvalue weighted by atomic mass is 10.00. The van der Waals surface area contributed by atoms with Gasteiger partial charge in [0.25, 0.3) is 5.91 Å². The smallest absolute Gasteiger partial charge is 0.257 e. The maximum absolute atomic E-state index is 13.6. The molecule has 1 aromatic carbocycles. The molecule has 126 valence electrons. The molecular formula is C18H20FN3OS. The SMILES string of the molecule is CSc1ncc(C(=O)N2CCCCC[C@H]2c2cccc(F)c2)cn1. The van der Waals surface area contributed by atoms with E-state index >= 15 is 0 Å². The summed E-state index contributed by atoms with van der Waals surface area (Å²) in [6.07, 6.45) is 8.97. The van der Waals surface area contributed by atoms with Crippen molar-refractivity contribution in [3.8, 4) is 0 Å². The number of benzene rings is 1. The van der Waals surface area contributed by atoms with Crippen LogP contribution in [0.4, 0.5) is 4.39 Å². The molecule has 1 aromatic heterocycles. The molecule has 0 unspecified atom stereocenters. The predicted molar refractivity (Wildman–Crippen MR) is 92.5 cm³/mol. The molecule has 0 saturated carbocycles. The fourth-order valence-electron chi connectivity index (χ4n) is 3.11. The number of carbonyl (C=O) groups is 1. The summed E-state index contributed by atoms with van der Waals surface area (Å²) in [5, 5.41) is 0.643. The Morgan fingerprint density at radius 2 is 2.04 bits per heavy atom. The number of likely N-dealkylation sites (tertiary alicyclic amines) is 1. The molecule has 1 amide bonds. The summed E-state index contributed by atoms with van der Waals surface area (Å²) in [4.78, 5) is 23.2. The summed E-state index contributed by atoms with van der Waals surface area (Å²) in [5.74, 6) is -0.351. The van der Waals surface area contributed by atoms with Crippen LogP contribution in [0.2, 0.25) is 0 Å². The van der Waals surface area contributed by atoms with E-state index < -0.39 is 0 Å². The van der Waals surface area contributed by atoms with Gasteiger partial charge in [-0.25, -0.2) is 14.4 Å². The molecule has 2 heterocycles. The zero-order valence-corrected chi connectivity index (χ0v) is 14.4. The minimum absolute atomic E-state index is 0.0844. The number of aromatic nitrogens is 2. The van der Waals surface area contributed by atoms with Gasteiger partial charge in [-0.3, -0.25) is 4.79 Å². The van der Waals surface area contributed by atoms with Gasteiger partial charge in [-0.1, -0.05) is 36.7 Å². The lowest BCUT2D eigenvalue weighted by molar-refractivity contribution is 0.0679. The predicted octanol–water partition coefficient (Wildman–Crippen LogP) is 4.10. The van der Waals surface area contributed by atoms with E-state index in [1.54, 1.807) is 18.5 Å². The Labute approximate surface area is 145 Å². The zero-order valence-electron chi connectivity index (χ0n) is 13.6. The number of carbonyl (C=O) groups excluding carboxylic acids is 1. The summed E-state index contributed by atoms with van der Waals surface area (Å²) in [6.45, 7) is 0.671. The lowest BCUT2D eigenvalue weighted by Gasteiger charge is -2.30. The van der Waals surface area contributed by atoms with Gasteiger partial charge in [-0.05, 0) is 36.8 Å². The van der Waals surface area contributed by atoms with E-state index in [-0.39, 0.29) is 17.8 Å². The summed E-state index contributed by atoms with van der Waals surface area (Å²) >= 11 is 1.44. The van der Waals surface area contributed by atoms with Crippen LogP contribution in [0.15, 0.2) is 41.8 Å². The van der Waals surface area contributed by atoms with Crippen molar-refractivity contribution in [2.45, 2.75) is 36.9 Å². The summed E-state index contributed by atoms with van der Waals surface area (Å²) in [6, 6.07) is 6.46. The highest BCUT2D eigenvalue weighted by atomic mass is 32.2. The monoisotopic (exact) mass is 345 g/mol. The lowest BCUT2D eigenvalue weighted by Crippen LogP contribution is -2.35. The molecule has 1 fully saturated rings. The molecule has 0 spiro atoms. The third-order valence-corrected chi connectivity index (χ3v) is 4.88. The maximum atomic E-state index is 13.6. The second-order valence-electron chi connectivity index (χ2n) is 5.88. The summed E-state index contributed by atoms with van der Waals surface area (Å²) in [7, 11) is 0. The van der Waals surface area contributed by atoms with Crippen LogP contribution < -0.4 is 0 Å². The van der Waals surface area contributed by atoms with Crippen molar-refractivity contribution in [1.82, 2.24) is 14.9 Å². The third-order valence-electron chi connectivity index (χ3n) is 4.30. The molecule has 3 rings (SSSR count). The van der Waals surface area contributed by atoms with Crippen LogP contribution in [0.5, 0.6) is 0 Å². The minimum Gasteiger partial charge on any atom is -0.332 e. The number of halogens is 1. The molecule has 4 nitrogen and oxygen atoms in total. The van der Waals surface area contributed by atoms with Crippen molar-refractivity contribution in [1.29, 1.82) is 0 Å². The van der Waals surface area contributed by atoms with Gasteiger partial charge >= 0.3 is 0 Å². The van der Waals surface area contributed by atoms with Gasteiger partial charge in [-0.15, -0.1) is 0 Å². The van der Waals surface area contributed by atoms with E-state index in [0.29, 0.717) is 17.3 Å². The molecule has 6 heteroatoms. The second kappa shape index (κ2) is 7.75. The van der Waals surface area contributed by atoms with E-state index in [1.165, 1.54) is 23.9 Å². The molecule has 24 heavy (non-hydrogen) atoms. The highest BCUT2D eigenvalue weighted by Crippen LogP contribution is 2.31. The number of rotatable bonds is 3. The molecule has 0 N–H and O–H groups in total. The number of nitrogens with zero attached hydrogens (tertiary/aromatic N) is 3. The topological polar surface area (TPSA) is 46.1 Å². The van der Waals surface area contributed by atoms with Crippen LogP contribution in [0, 0.1) is 5.82 Å². The maximum Gasteiger partial charge on any atom is 0.257 e.